The van der Waals surface area contributed by atoms with E-state index in [2.05, 4.69) is 11.1 Å². The lowest BCUT2D eigenvalue weighted by atomic mass is 9.89. The van der Waals surface area contributed by atoms with Crippen LogP contribution in [0.2, 0.25) is 0 Å². The van der Waals surface area contributed by atoms with Crippen LogP contribution in [0.3, 0.4) is 0 Å². The number of carboxylic acids is 1. The third kappa shape index (κ3) is 3.11. The minimum Gasteiger partial charge on any atom is -0.481 e. The summed E-state index contributed by atoms with van der Waals surface area (Å²) in [6.45, 7) is 5.91. The lowest BCUT2D eigenvalue weighted by Crippen LogP contribution is -2.22. The molecule has 0 radical (unpaired) electrons. The number of carboxylic acid groups (broad SMARTS) is 1. The van der Waals surface area contributed by atoms with E-state index in [1.54, 1.807) is 0 Å². The van der Waals surface area contributed by atoms with Crippen LogP contribution >= 0.6 is 0 Å². The van der Waals surface area contributed by atoms with Gasteiger partial charge in [-0.15, -0.1) is 0 Å². The maximum atomic E-state index is 11.3. The average molecular weight is 257 g/mol. The van der Waals surface area contributed by atoms with E-state index in [0.717, 1.165) is 22.0 Å². The molecule has 1 aromatic heterocycles. The molecule has 0 aliphatic rings. The first-order valence-electron chi connectivity index (χ1n) is 6.55. The predicted octanol–water partition coefficient (Wildman–Crippen LogP) is 3.44. The first-order valence-corrected chi connectivity index (χ1v) is 6.55. The van der Waals surface area contributed by atoms with Gasteiger partial charge in [0.15, 0.2) is 0 Å². The predicted molar refractivity (Wildman–Crippen MR) is 76.1 cm³/mol. The van der Waals surface area contributed by atoms with Gasteiger partial charge in [-0.3, -0.25) is 9.78 Å². The first-order chi connectivity index (χ1) is 8.97. The number of hydrogen-bond donors (Lipinski definition) is 1. The van der Waals surface area contributed by atoms with Gasteiger partial charge in [0.1, 0.15) is 0 Å². The number of aliphatic carboxylic acids is 1. The molecule has 0 aliphatic heterocycles. The molecular weight excluding hydrogens is 238 g/mol. The number of hydrogen-bond acceptors (Lipinski definition) is 2. The Morgan fingerprint density at radius 2 is 2.05 bits per heavy atom. The van der Waals surface area contributed by atoms with Gasteiger partial charge >= 0.3 is 5.97 Å². The van der Waals surface area contributed by atoms with Crippen LogP contribution in [0.1, 0.15) is 25.0 Å². The molecule has 0 saturated carbocycles. The smallest absolute Gasteiger partial charge is 0.307 e. The quantitative estimate of drug-likeness (QED) is 0.912. The Kier molecular flexibility index (Phi) is 3.84. The number of carbonyl (C=O) groups is 1. The van der Waals surface area contributed by atoms with Crippen LogP contribution < -0.4 is 0 Å². The fourth-order valence-electron chi connectivity index (χ4n) is 2.28. The van der Waals surface area contributed by atoms with Crippen LogP contribution in [0.25, 0.3) is 10.9 Å². The minimum absolute atomic E-state index is 0.129. The molecule has 0 amide bonds. The lowest BCUT2D eigenvalue weighted by molar-refractivity contribution is -0.143. The fourth-order valence-corrected chi connectivity index (χ4v) is 2.28. The van der Waals surface area contributed by atoms with Crippen molar-refractivity contribution in [3.63, 3.8) is 0 Å². The highest BCUT2D eigenvalue weighted by Gasteiger charge is 2.21. The summed E-state index contributed by atoms with van der Waals surface area (Å²) in [5, 5.41) is 10.3. The molecule has 2 rings (SSSR count). The molecule has 0 saturated heterocycles. The standard InChI is InChI=1S/C16H19NO2/c1-10(2)14(16(18)19)8-12-4-5-15-13(7-12)6-11(3)9-17-15/h4-7,9-10,14H,8H2,1-3H3,(H,18,19). The topological polar surface area (TPSA) is 50.2 Å². The van der Waals surface area contributed by atoms with Crippen molar-refractivity contribution in [1.29, 1.82) is 0 Å². The molecule has 3 nitrogen and oxygen atoms in total. The number of aromatic nitrogens is 1. The van der Waals surface area contributed by atoms with E-state index in [1.807, 2.05) is 45.2 Å². The summed E-state index contributed by atoms with van der Waals surface area (Å²) in [5.74, 6) is -0.934. The number of rotatable bonds is 4. The summed E-state index contributed by atoms with van der Waals surface area (Å²) in [6, 6.07) is 8.07. The molecule has 1 heterocycles. The largest absolute Gasteiger partial charge is 0.481 e. The average Bonchev–Trinajstić information content (AvgIpc) is 2.34. The van der Waals surface area contributed by atoms with E-state index >= 15 is 0 Å². The number of fused-ring (bicyclic) bond motifs is 1. The van der Waals surface area contributed by atoms with Crippen molar-refractivity contribution in [3.8, 4) is 0 Å². The molecule has 0 aliphatic carbocycles. The molecule has 1 unspecified atom stereocenters. The van der Waals surface area contributed by atoms with E-state index in [4.69, 9.17) is 0 Å². The molecular formula is C16H19NO2. The van der Waals surface area contributed by atoms with E-state index in [-0.39, 0.29) is 11.8 Å². The van der Waals surface area contributed by atoms with E-state index < -0.39 is 5.97 Å². The van der Waals surface area contributed by atoms with Crippen molar-refractivity contribution < 1.29 is 9.90 Å². The van der Waals surface area contributed by atoms with Crippen molar-refractivity contribution >= 4 is 16.9 Å². The molecule has 0 spiro atoms. The third-order valence-corrected chi connectivity index (χ3v) is 3.46. The Bertz CT molecular complexity index is 605. The zero-order chi connectivity index (χ0) is 14.0. The summed E-state index contributed by atoms with van der Waals surface area (Å²) in [6.07, 6.45) is 2.41. The van der Waals surface area contributed by atoms with Gasteiger partial charge in [-0.1, -0.05) is 19.9 Å². The van der Waals surface area contributed by atoms with Gasteiger partial charge < -0.3 is 5.11 Å². The van der Waals surface area contributed by atoms with Crippen molar-refractivity contribution in [3.05, 3.63) is 41.6 Å². The Balaban J connectivity index is 2.32. The molecule has 1 atom stereocenters. The molecule has 1 N–H and O–H groups in total. The van der Waals surface area contributed by atoms with Crippen LogP contribution in [0.15, 0.2) is 30.5 Å². The van der Waals surface area contributed by atoms with Gasteiger partial charge in [0.2, 0.25) is 0 Å². The van der Waals surface area contributed by atoms with Crippen LogP contribution in [-0.4, -0.2) is 16.1 Å². The second-order valence-corrected chi connectivity index (χ2v) is 5.43. The summed E-state index contributed by atoms with van der Waals surface area (Å²) in [5.41, 5.74) is 3.12. The van der Waals surface area contributed by atoms with Crippen molar-refractivity contribution in [1.82, 2.24) is 4.98 Å². The third-order valence-electron chi connectivity index (χ3n) is 3.46. The van der Waals surface area contributed by atoms with Crippen LogP contribution in [0, 0.1) is 18.8 Å². The first kappa shape index (κ1) is 13.5. The second kappa shape index (κ2) is 5.39. The highest BCUT2D eigenvalue weighted by atomic mass is 16.4. The Labute approximate surface area is 113 Å². The maximum Gasteiger partial charge on any atom is 0.307 e. The van der Waals surface area contributed by atoms with E-state index in [0.29, 0.717) is 6.42 Å². The van der Waals surface area contributed by atoms with E-state index in [1.165, 1.54) is 0 Å². The zero-order valence-electron chi connectivity index (χ0n) is 11.6. The van der Waals surface area contributed by atoms with Crippen molar-refractivity contribution in [2.45, 2.75) is 27.2 Å². The number of aryl methyl sites for hydroxylation is 1. The lowest BCUT2D eigenvalue weighted by Gasteiger charge is -2.16. The second-order valence-electron chi connectivity index (χ2n) is 5.43. The van der Waals surface area contributed by atoms with Gasteiger partial charge in [-0.2, -0.15) is 0 Å². The van der Waals surface area contributed by atoms with Crippen molar-refractivity contribution in [2.75, 3.05) is 0 Å². The summed E-state index contributed by atoms with van der Waals surface area (Å²) in [7, 11) is 0. The Hall–Kier alpha value is -1.90. The number of benzene rings is 1. The highest BCUT2D eigenvalue weighted by Crippen LogP contribution is 2.21. The van der Waals surface area contributed by atoms with Gasteiger partial charge in [-0.05, 0) is 48.6 Å². The van der Waals surface area contributed by atoms with Crippen LogP contribution in [0.4, 0.5) is 0 Å². The van der Waals surface area contributed by atoms with Crippen LogP contribution in [-0.2, 0) is 11.2 Å². The molecule has 2 aromatic rings. The summed E-state index contributed by atoms with van der Waals surface area (Å²) < 4.78 is 0. The molecule has 0 bridgehead atoms. The normalized spacial score (nSPS) is 12.8. The summed E-state index contributed by atoms with van der Waals surface area (Å²) in [4.78, 5) is 15.6. The monoisotopic (exact) mass is 257 g/mol. The van der Waals surface area contributed by atoms with Crippen molar-refractivity contribution in [2.24, 2.45) is 11.8 Å². The molecule has 100 valence electrons. The number of nitrogens with zero attached hydrogens (tertiary/aromatic N) is 1. The number of pyridine rings is 1. The fraction of sp³-hybridized carbons (Fsp3) is 0.375. The molecule has 19 heavy (non-hydrogen) atoms. The minimum atomic E-state index is -0.725. The van der Waals surface area contributed by atoms with Gasteiger partial charge in [0.25, 0.3) is 0 Å². The van der Waals surface area contributed by atoms with Gasteiger partial charge in [0, 0.05) is 11.6 Å². The summed E-state index contributed by atoms with van der Waals surface area (Å²) >= 11 is 0. The maximum absolute atomic E-state index is 11.3. The highest BCUT2D eigenvalue weighted by molar-refractivity contribution is 5.80. The molecule has 0 fully saturated rings. The van der Waals surface area contributed by atoms with Gasteiger partial charge in [0.05, 0.1) is 11.4 Å². The van der Waals surface area contributed by atoms with E-state index in [9.17, 15) is 9.90 Å². The zero-order valence-corrected chi connectivity index (χ0v) is 11.6. The van der Waals surface area contributed by atoms with Gasteiger partial charge in [-0.25, -0.2) is 0 Å². The van der Waals surface area contributed by atoms with Crippen LogP contribution in [0.5, 0.6) is 0 Å². The Morgan fingerprint density at radius 3 is 2.68 bits per heavy atom. The molecule has 1 aromatic carbocycles. The molecule has 3 heteroatoms. The Morgan fingerprint density at radius 1 is 1.32 bits per heavy atom. The SMILES string of the molecule is Cc1cnc2ccc(CC(C(=O)O)C(C)C)cc2c1.